The van der Waals surface area contributed by atoms with E-state index in [1.807, 2.05) is 6.92 Å². The molecule has 0 aromatic heterocycles. The summed E-state index contributed by atoms with van der Waals surface area (Å²) in [6.45, 7) is 7.61. The third kappa shape index (κ3) is 5.29. The third-order valence-corrected chi connectivity index (χ3v) is 4.38. The topological polar surface area (TPSA) is 41.6 Å². The Morgan fingerprint density at radius 3 is 2.57 bits per heavy atom. The van der Waals surface area contributed by atoms with Gasteiger partial charge in [0.25, 0.3) is 0 Å². The van der Waals surface area contributed by atoms with Crippen LogP contribution >= 0.6 is 0 Å². The van der Waals surface area contributed by atoms with Crippen molar-refractivity contribution >= 4 is 5.91 Å². The van der Waals surface area contributed by atoms with Crippen LogP contribution in [0.2, 0.25) is 0 Å². The quantitative estimate of drug-likeness (QED) is 0.839. The van der Waals surface area contributed by atoms with E-state index in [0.29, 0.717) is 19.8 Å². The van der Waals surface area contributed by atoms with Crippen LogP contribution in [-0.2, 0) is 9.53 Å². The van der Waals surface area contributed by atoms with Crippen LogP contribution in [0.15, 0.2) is 24.3 Å². The molecule has 4 nitrogen and oxygen atoms in total. The Morgan fingerprint density at radius 2 is 1.96 bits per heavy atom. The Bertz CT molecular complexity index is 486. The molecule has 1 saturated heterocycles. The minimum Gasteiger partial charge on any atom is -0.379 e. The van der Waals surface area contributed by atoms with Crippen molar-refractivity contribution < 1.29 is 13.9 Å². The van der Waals surface area contributed by atoms with Crippen molar-refractivity contribution in [2.75, 3.05) is 32.8 Å². The van der Waals surface area contributed by atoms with E-state index >= 15 is 0 Å². The van der Waals surface area contributed by atoms with E-state index in [2.05, 4.69) is 17.1 Å². The lowest BCUT2D eigenvalue weighted by atomic mass is 10.0. The fourth-order valence-corrected chi connectivity index (χ4v) is 2.97. The maximum absolute atomic E-state index is 13.2. The van der Waals surface area contributed by atoms with Crippen molar-refractivity contribution in [1.29, 1.82) is 0 Å². The highest BCUT2D eigenvalue weighted by Gasteiger charge is 2.24. The smallest absolute Gasteiger partial charge is 0.222 e. The van der Waals surface area contributed by atoms with Crippen molar-refractivity contribution in [3.8, 4) is 0 Å². The Hall–Kier alpha value is -1.46. The number of nitrogens with zero attached hydrogens (tertiary/aromatic N) is 1. The molecule has 1 aliphatic heterocycles. The van der Waals surface area contributed by atoms with Gasteiger partial charge in [-0.3, -0.25) is 9.69 Å². The molecule has 1 aliphatic rings. The summed E-state index contributed by atoms with van der Waals surface area (Å²) in [4.78, 5) is 14.5. The number of carbonyl (C=O) groups is 1. The lowest BCUT2D eigenvalue weighted by Crippen LogP contribution is -2.44. The SMILES string of the molecule is CCCC(C)C(=O)NCC(c1ccc(F)cc1)N1CCOCC1. The van der Waals surface area contributed by atoms with Crippen LogP contribution in [0.1, 0.15) is 38.3 Å². The van der Waals surface area contributed by atoms with Crippen LogP contribution in [0, 0.1) is 11.7 Å². The highest BCUT2D eigenvalue weighted by molar-refractivity contribution is 5.78. The molecule has 1 fully saturated rings. The van der Waals surface area contributed by atoms with Crippen LogP contribution in [0.3, 0.4) is 0 Å². The second kappa shape index (κ2) is 8.99. The second-order valence-electron chi connectivity index (χ2n) is 6.15. The summed E-state index contributed by atoms with van der Waals surface area (Å²) in [6.07, 6.45) is 1.89. The molecule has 2 unspecified atom stereocenters. The van der Waals surface area contributed by atoms with E-state index < -0.39 is 0 Å². The summed E-state index contributed by atoms with van der Waals surface area (Å²) in [7, 11) is 0. The van der Waals surface area contributed by atoms with Gasteiger partial charge < -0.3 is 10.1 Å². The van der Waals surface area contributed by atoms with E-state index in [0.717, 1.165) is 31.5 Å². The van der Waals surface area contributed by atoms with E-state index in [4.69, 9.17) is 4.74 Å². The molecule has 0 aliphatic carbocycles. The van der Waals surface area contributed by atoms with Crippen LogP contribution in [-0.4, -0.2) is 43.7 Å². The number of halogens is 1. The standard InChI is InChI=1S/C18H27FN2O2/c1-3-4-14(2)18(22)20-13-17(21-9-11-23-12-10-21)15-5-7-16(19)8-6-15/h5-8,14,17H,3-4,9-13H2,1-2H3,(H,20,22). The first-order valence-corrected chi connectivity index (χ1v) is 8.46. The van der Waals surface area contributed by atoms with Gasteiger partial charge >= 0.3 is 0 Å². The Balaban J connectivity index is 2.04. The molecule has 5 heteroatoms. The summed E-state index contributed by atoms with van der Waals surface area (Å²) in [5.74, 6) is -0.124. The van der Waals surface area contributed by atoms with Gasteiger partial charge in [-0.05, 0) is 24.1 Å². The molecule has 1 aromatic carbocycles. The van der Waals surface area contributed by atoms with Crippen LogP contribution < -0.4 is 5.32 Å². The van der Waals surface area contributed by atoms with Gasteiger partial charge in [0.2, 0.25) is 5.91 Å². The summed E-state index contributed by atoms with van der Waals surface area (Å²) in [6, 6.07) is 6.61. The molecule has 128 valence electrons. The number of benzene rings is 1. The largest absolute Gasteiger partial charge is 0.379 e. The minimum absolute atomic E-state index is 0.0264. The molecule has 23 heavy (non-hydrogen) atoms. The van der Waals surface area contributed by atoms with Crippen LogP contribution in [0.4, 0.5) is 4.39 Å². The predicted molar refractivity (Wildman–Crippen MR) is 88.6 cm³/mol. The van der Waals surface area contributed by atoms with E-state index in [1.165, 1.54) is 12.1 Å². The molecule has 0 radical (unpaired) electrons. The number of amides is 1. The first-order chi connectivity index (χ1) is 11.1. The molecule has 1 aromatic rings. The summed E-state index contributed by atoms with van der Waals surface area (Å²) in [5, 5.41) is 3.06. The van der Waals surface area contributed by atoms with Gasteiger partial charge in [-0.2, -0.15) is 0 Å². The maximum atomic E-state index is 13.2. The predicted octanol–water partition coefficient (Wildman–Crippen LogP) is 2.75. The first-order valence-electron chi connectivity index (χ1n) is 8.46. The van der Waals surface area contributed by atoms with Crippen molar-refractivity contribution in [1.82, 2.24) is 10.2 Å². The molecule has 0 spiro atoms. The Kier molecular flexibility index (Phi) is 6.99. The molecular formula is C18H27FN2O2. The second-order valence-corrected chi connectivity index (χ2v) is 6.15. The molecule has 1 heterocycles. The van der Waals surface area contributed by atoms with Gasteiger partial charge in [-0.1, -0.05) is 32.4 Å². The van der Waals surface area contributed by atoms with E-state index in [1.54, 1.807) is 12.1 Å². The van der Waals surface area contributed by atoms with Crippen LogP contribution in [0.5, 0.6) is 0 Å². The Morgan fingerprint density at radius 1 is 1.30 bits per heavy atom. The van der Waals surface area contributed by atoms with Gasteiger partial charge in [0.05, 0.1) is 19.3 Å². The average molecular weight is 322 g/mol. The van der Waals surface area contributed by atoms with E-state index in [9.17, 15) is 9.18 Å². The normalized spacial score (nSPS) is 18.4. The molecule has 2 atom stereocenters. The average Bonchev–Trinajstić information content (AvgIpc) is 2.57. The lowest BCUT2D eigenvalue weighted by Gasteiger charge is -2.35. The maximum Gasteiger partial charge on any atom is 0.222 e. The van der Waals surface area contributed by atoms with Crippen LogP contribution in [0.25, 0.3) is 0 Å². The summed E-state index contributed by atoms with van der Waals surface area (Å²) in [5.41, 5.74) is 1.02. The molecule has 2 rings (SSSR count). The summed E-state index contributed by atoms with van der Waals surface area (Å²) >= 11 is 0. The molecular weight excluding hydrogens is 295 g/mol. The Labute approximate surface area is 138 Å². The van der Waals surface area contributed by atoms with Gasteiger partial charge in [0.1, 0.15) is 5.82 Å². The number of nitrogens with one attached hydrogen (secondary N) is 1. The fourth-order valence-electron chi connectivity index (χ4n) is 2.97. The number of hydrogen-bond acceptors (Lipinski definition) is 3. The minimum atomic E-state index is -0.241. The zero-order chi connectivity index (χ0) is 16.7. The highest BCUT2D eigenvalue weighted by Crippen LogP contribution is 2.22. The van der Waals surface area contributed by atoms with Gasteiger partial charge in [-0.15, -0.1) is 0 Å². The fraction of sp³-hybridized carbons (Fsp3) is 0.611. The molecule has 0 saturated carbocycles. The zero-order valence-electron chi connectivity index (χ0n) is 14.1. The zero-order valence-corrected chi connectivity index (χ0v) is 14.1. The number of morpholine rings is 1. The monoisotopic (exact) mass is 322 g/mol. The van der Waals surface area contributed by atoms with Crippen molar-refractivity contribution in [3.63, 3.8) is 0 Å². The molecule has 1 amide bonds. The van der Waals surface area contributed by atoms with Crippen molar-refractivity contribution in [3.05, 3.63) is 35.6 Å². The lowest BCUT2D eigenvalue weighted by molar-refractivity contribution is -0.125. The first kappa shape index (κ1) is 17.9. The summed E-state index contributed by atoms with van der Waals surface area (Å²) < 4.78 is 18.6. The number of hydrogen-bond donors (Lipinski definition) is 1. The number of carbonyl (C=O) groups excluding carboxylic acids is 1. The number of rotatable bonds is 7. The van der Waals surface area contributed by atoms with Gasteiger partial charge in [0.15, 0.2) is 0 Å². The molecule has 1 N–H and O–H groups in total. The highest BCUT2D eigenvalue weighted by atomic mass is 19.1. The van der Waals surface area contributed by atoms with E-state index in [-0.39, 0.29) is 23.7 Å². The number of ether oxygens (including phenoxy) is 1. The van der Waals surface area contributed by atoms with Crippen molar-refractivity contribution in [2.24, 2.45) is 5.92 Å². The van der Waals surface area contributed by atoms with Gasteiger partial charge in [0, 0.05) is 25.6 Å². The van der Waals surface area contributed by atoms with Gasteiger partial charge in [-0.25, -0.2) is 4.39 Å². The van der Waals surface area contributed by atoms with Crippen molar-refractivity contribution in [2.45, 2.75) is 32.7 Å². The molecule has 0 bridgehead atoms. The third-order valence-electron chi connectivity index (χ3n) is 4.38.